The zero-order valence-electron chi connectivity index (χ0n) is 10.4. The molecule has 1 aromatic carbocycles. The van der Waals surface area contributed by atoms with Crippen LogP contribution in [0.25, 0.3) is 0 Å². The van der Waals surface area contributed by atoms with Crippen molar-refractivity contribution in [2.24, 2.45) is 0 Å². The lowest BCUT2D eigenvalue weighted by Crippen LogP contribution is -2.26. The van der Waals surface area contributed by atoms with Gasteiger partial charge in [0.25, 0.3) is 0 Å². The molecule has 2 N–H and O–H groups in total. The number of rotatable bonds is 7. The number of carbonyl (C=O) groups excluding carboxylic acids is 1. The van der Waals surface area contributed by atoms with Gasteiger partial charge in [0.05, 0.1) is 6.10 Å². The lowest BCUT2D eigenvalue weighted by atomic mass is 10.1. The van der Waals surface area contributed by atoms with Gasteiger partial charge in [0.2, 0.25) is 5.91 Å². The zero-order chi connectivity index (χ0) is 12.5. The maximum absolute atomic E-state index is 11.4. The molecule has 3 nitrogen and oxygen atoms in total. The molecular weight excluding hydrogens is 214 g/mol. The minimum absolute atomic E-state index is 0.0709. The van der Waals surface area contributed by atoms with E-state index in [0.717, 1.165) is 12.8 Å². The van der Waals surface area contributed by atoms with E-state index in [0.29, 0.717) is 19.4 Å². The van der Waals surface area contributed by atoms with E-state index < -0.39 is 0 Å². The lowest BCUT2D eigenvalue weighted by Gasteiger charge is -2.06. The topological polar surface area (TPSA) is 49.3 Å². The van der Waals surface area contributed by atoms with E-state index in [1.807, 2.05) is 18.2 Å². The highest BCUT2D eigenvalue weighted by Crippen LogP contribution is 2.04. The van der Waals surface area contributed by atoms with Gasteiger partial charge in [-0.3, -0.25) is 4.79 Å². The first-order chi connectivity index (χ1) is 8.18. The Hall–Kier alpha value is -1.35. The maximum atomic E-state index is 11.4. The Morgan fingerprint density at radius 1 is 1.35 bits per heavy atom. The predicted octanol–water partition coefficient (Wildman–Crippen LogP) is 1.90. The van der Waals surface area contributed by atoms with Crippen LogP contribution in [0.4, 0.5) is 0 Å². The van der Waals surface area contributed by atoms with E-state index >= 15 is 0 Å². The van der Waals surface area contributed by atoms with Crippen LogP contribution < -0.4 is 5.32 Å². The minimum atomic E-state index is -0.348. The number of aliphatic hydroxyl groups is 1. The van der Waals surface area contributed by atoms with E-state index in [1.54, 1.807) is 6.92 Å². The lowest BCUT2D eigenvalue weighted by molar-refractivity contribution is -0.121. The summed E-state index contributed by atoms with van der Waals surface area (Å²) in [6, 6.07) is 10.2. The molecular formula is C14H21NO2. The molecule has 17 heavy (non-hydrogen) atoms. The van der Waals surface area contributed by atoms with Crippen LogP contribution in [0.15, 0.2) is 30.3 Å². The molecule has 1 unspecified atom stereocenters. The van der Waals surface area contributed by atoms with Crippen LogP contribution in [-0.2, 0) is 11.2 Å². The molecule has 0 radical (unpaired) electrons. The highest BCUT2D eigenvalue weighted by molar-refractivity contribution is 5.75. The van der Waals surface area contributed by atoms with E-state index in [1.165, 1.54) is 5.56 Å². The third-order valence-corrected chi connectivity index (χ3v) is 2.60. The molecule has 0 aromatic heterocycles. The molecule has 0 fully saturated rings. The van der Waals surface area contributed by atoms with Crippen LogP contribution in [0, 0.1) is 0 Å². The van der Waals surface area contributed by atoms with E-state index in [2.05, 4.69) is 17.4 Å². The van der Waals surface area contributed by atoms with Crippen molar-refractivity contribution in [3.05, 3.63) is 35.9 Å². The minimum Gasteiger partial charge on any atom is -0.393 e. The molecule has 1 amide bonds. The van der Waals surface area contributed by atoms with Gasteiger partial charge < -0.3 is 10.4 Å². The summed E-state index contributed by atoms with van der Waals surface area (Å²) >= 11 is 0. The summed E-state index contributed by atoms with van der Waals surface area (Å²) in [4.78, 5) is 11.4. The van der Waals surface area contributed by atoms with Crippen LogP contribution >= 0.6 is 0 Å². The fourth-order valence-electron chi connectivity index (χ4n) is 1.61. The Balaban J connectivity index is 2.08. The second kappa shape index (κ2) is 7.85. The highest BCUT2D eigenvalue weighted by atomic mass is 16.3. The van der Waals surface area contributed by atoms with Crippen molar-refractivity contribution in [1.29, 1.82) is 0 Å². The molecule has 0 spiro atoms. The highest BCUT2D eigenvalue weighted by Gasteiger charge is 2.02. The van der Waals surface area contributed by atoms with Crippen LogP contribution in [0.2, 0.25) is 0 Å². The van der Waals surface area contributed by atoms with Gasteiger partial charge in [-0.25, -0.2) is 0 Å². The largest absolute Gasteiger partial charge is 0.393 e. The second-order valence-corrected chi connectivity index (χ2v) is 4.33. The normalized spacial score (nSPS) is 12.1. The SMILES string of the molecule is CC(O)CCNC(=O)CCCc1ccccc1. The van der Waals surface area contributed by atoms with Gasteiger partial charge in [-0.15, -0.1) is 0 Å². The van der Waals surface area contributed by atoms with Gasteiger partial charge in [-0.1, -0.05) is 30.3 Å². The first-order valence-electron chi connectivity index (χ1n) is 6.17. The van der Waals surface area contributed by atoms with Crippen molar-refractivity contribution >= 4 is 5.91 Å². The molecule has 0 saturated heterocycles. The molecule has 94 valence electrons. The summed E-state index contributed by atoms with van der Waals surface area (Å²) in [5.74, 6) is 0.0709. The maximum Gasteiger partial charge on any atom is 0.220 e. The van der Waals surface area contributed by atoms with Crippen LogP contribution in [0.1, 0.15) is 31.7 Å². The van der Waals surface area contributed by atoms with Crippen molar-refractivity contribution < 1.29 is 9.90 Å². The average molecular weight is 235 g/mol. The predicted molar refractivity (Wildman–Crippen MR) is 68.7 cm³/mol. The number of aliphatic hydroxyl groups excluding tert-OH is 1. The summed E-state index contributed by atoms with van der Waals surface area (Å²) in [5.41, 5.74) is 1.27. The van der Waals surface area contributed by atoms with Crippen molar-refractivity contribution in [2.75, 3.05) is 6.54 Å². The standard InChI is InChI=1S/C14H21NO2/c1-12(16)10-11-15-14(17)9-5-8-13-6-3-2-4-7-13/h2-4,6-7,12,16H,5,8-11H2,1H3,(H,15,17). The number of nitrogens with one attached hydrogen (secondary N) is 1. The Kier molecular flexibility index (Phi) is 6.33. The van der Waals surface area contributed by atoms with Gasteiger partial charge in [0.1, 0.15) is 0 Å². The van der Waals surface area contributed by atoms with Crippen LogP contribution in [-0.4, -0.2) is 23.7 Å². The van der Waals surface area contributed by atoms with Gasteiger partial charge in [-0.2, -0.15) is 0 Å². The average Bonchev–Trinajstić information content (AvgIpc) is 2.30. The van der Waals surface area contributed by atoms with Gasteiger partial charge in [0.15, 0.2) is 0 Å². The van der Waals surface area contributed by atoms with E-state index in [-0.39, 0.29) is 12.0 Å². The molecule has 0 saturated carbocycles. The molecule has 0 aliphatic heterocycles. The quantitative estimate of drug-likeness (QED) is 0.758. The Morgan fingerprint density at radius 2 is 2.06 bits per heavy atom. The van der Waals surface area contributed by atoms with Crippen LogP contribution in [0.3, 0.4) is 0 Å². The molecule has 1 aromatic rings. The molecule has 0 heterocycles. The molecule has 0 bridgehead atoms. The molecule has 0 aliphatic rings. The zero-order valence-corrected chi connectivity index (χ0v) is 10.4. The third kappa shape index (κ3) is 6.74. The van der Waals surface area contributed by atoms with Crippen LogP contribution in [0.5, 0.6) is 0 Å². The monoisotopic (exact) mass is 235 g/mol. The fraction of sp³-hybridized carbons (Fsp3) is 0.500. The van der Waals surface area contributed by atoms with E-state index in [4.69, 9.17) is 5.11 Å². The summed E-state index contributed by atoms with van der Waals surface area (Å²) in [5, 5.41) is 11.8. The van der Waals surface area contributed by atoms with Crippen molar-refractivity contribution in [2.45, 2.75) is 38.7 Å². The Labute approximate surface area is 103 Å². The fourth-order valence-corrected chi connectivity index (χ4v) is 1.61. The molecule has 1 atom stereocenters. The molecule has 3 heteroatoms. The number of hydrogen-bond acceptors (Lipinski definition) is 2. The summed E-state index contributed by atoms with van der Waals surface area (Å²) in [6.07, 6.45) is 2.62. The first kappa shape index (κ1) is 13.7. The first-order valence-corrected chi connectivity index (χ1v) is 6.17. The molecule has 0 aliphatic carbocycles. The number of benzene rings is 1. The Morgan fingerprint density at radius 3 is 2.71 bits per heavy atom. The summed E-state index contributed by atoms with van der Waals surface area (Å²) in [7, 11) is 0. The number of amides is 1. The third-order valence-electron chi connectivity index (χ3n) is 2.60. The van der Waals surface area contributed by atoms with Gasteiger partial charge >= 0.3 is 0 Å². The van der Waals surface area contributed by atoms with Crippen molar-refractivity contribution in [1.82, 2.24) is 5.32 Å². The van der Waals surface area contributed by atoms with Gasteiger partial charge in [-0.05, 0) is 31.7 Å². The van der Waals surface area contributed by atoms with Gasteiger partial charge in [0, 0.05) is 13.0 Å². The van der Waals surface area contributed by atoms with E-state index in [9.17, 15) is 4.79 Å². The molecule has 1 rings (SSSR count). The summed E-state index contributed by atoms with van der Waals surface area (Å²) in [6.45, 7) is 2.28. The smallest absolute Gasteiger partial charge is 0.220 e. The van der Waals surface area contributed by atoms with Crippen molar-refractivity contribution in [3.8, 4) is 0 Å². The number of carbonyl (C=O) groups is 1. The second-order valence-electron chi connectivity index (χ2n) is 4.33. The summed E-state index contributed by atoms with van der Waals surface area (Å²) < 4.78 is 0. The number of aryl methyl sites for hydroxylation is 1. The number of hydrogen-bond donors (Lipinski definition) is 2. The van der Waals surface area contributed by atoms with Crippen molar-refractivity contribution in [3.63, 3.8) is 0 Å². The Bertz CT molecular complexity index is 322.